The first-order valence-corrected chi connectivity index (χ1v) is 7.03. The Hall–Kier alpha value is -1.63. The molecule has 0 aliphatic carbocycles. The lowest BCUT2D eigenvalue weighted by Gasteiger charge is -2.29. The molecule has 7 heteroatoms. The van der Waals surface area contributed by atoms with Crippen LogP contribution < -0.4 is 5.73 Å². The molecule has 7 nitrogen and oxygen atoms in total. The molecule has 3 N–H and O–H groups in total. The fourth-order valence-electron chi connectivity index (χ4n) is 1.90. The van der Waals surface area contributed by atoms with Gasteiger partial charge in [0.25, 0.3) is 0 Å². The summed E-state index contributed by atoms with van der Waals surface area (Å²) in [7, 11) is 2.99. The summed E-state index contributed by atoms with van der Waals surface area (Å²) in [6, 6.07) is -0.683. The molecule has 0 spiro atoms. The van der Waals surface area contributed by atoms with E-state index < -0.39 is 18.1 Å². The average Bonchev–Trinajstić information content (AvgIpc) is 2.33. The fourth-order valence-corrected chi connectivity index (χ4v) is 1.90. The minimum Gasteiger partial charge on any atom is -0.393 e. The minimum absolute atomic E-state index is 0.0429. The molecule has 0 radical (unpaired) electrons. The van der Waals surface area contributed by atoms with Gasteiger partial charge in [0.05, 0.1) is 19.1 Å². The Kier molecular flexibility index (Phi) is 7.94. The van der Waals surface area contributed by atoms with Crippen molar-refractivity contribution in [2.24, 2.45) is 11.7 Å². The second kappa shape index (κ2) is 8.61. The van der Waals surface area contributed by atoms with Crippen LogP contribution in [0.4, 0.5) is 0 Å². The van der Waals surface area contributed by atoms with Crippen LogP contribution in [0.15, 0.2) is 0 Å². The fraction of sp³-hybridized carbons (Fsp3) is 0.786. The zero-order chi connectivity index (χ0) is 16.7. The van der Waals surface area contributed by atoms with Gasteiger partial charge in [0, 0.05) is 14.1 Å². The second-order valence-corrected chi connectivity index (χ2v) is 5.86. The van der Waals surface area contributed by atoms with Gasteiger partial charge in [0.1, 0.15) is 6.04 Å². The molecule has 0 aromatic rings. The van der Waals surface area contributed by atoms with E-state index in [2.05, 4.69) is 0 Å². The van der Waals surface area contributed by atoms with E-state index in [1.807, 2.05) is 13.8 Å². The monoisotopic (exact) mass is 301 g/mol. The SMILES string of the molecule is CC(C)C[C@@H](C(N)=O)N(C)C(=O)CN(C)C(=O)C[C@@H](C)O. The highest BCUT2D eigenvalue weighted by molar-refractivity contribution is 5.89. The summed E-state index contributed by atoms with van der Waals surface area (Å²) in [5, 5.41) is 9.17. The molecule has 0 heterocycles. The highest BCUT2D eigenvalue weighted by Crippen LogP contribution is 2.10. The number of carbonyl (C=O) groups is 3. The molecular weight excluding hydrogens is 274 g/mol. The van der Waals surface area contributed by atoms with E-state index in [4.69, 9.17) is 5.73 Å². The largest absolute Gasteiger partial charge is 0.393 e. The molecule has 0 aromatic heterocycles. The Morgan fingerprint density at radius 3 is 2.00 bits per heavy atom. The van der Waals surface area contributed by atoms with Crippen LogP contribution in [0.2, 0.25) is 0 Å². The zero-order valence-corrected chi connectivity index (χ0v) is 13.5. The normalized spacial score (nSPS) is 13.7. The summed E-state index contributed by atoms with van der Waals surface area (Å²) in [6.07, 6.45) is -0.325. The van der Waals surface area contributed by atoms with Gasteiger partial charge < -0.3 is 20.6 Å². The number of amides is 3. The van der Waals surface area contributed by atoms with Crippen molar-refractivity contribution < 1.29 is 19.5 Å². The number of likely N-dealkylation sites (N-methyl/N-ethyl adjacent to an activating group) is 2. The Morgan fingerprint density at radius 1 is 1.10 bits per heavy atom. The van der Waals surface area contributed by atoms with Crippen molar-refractivity contribution in [2.75, 3.05) is 20.6 Å². The van der Waals surface area contributed by atoms with Crippen LogP contribution in [0.1, 0.15) is 33.6 Å². The third-order valence-electron chi connectivity index (χ3n) is 3.15. The predicted octanol–water partition coefficient (Wildman–Crippen LogP) is -0.426. The summed E-state index contributed by atoms with van der Waals surface area (Å²) >= 11 is 0. The van der Waals surface area contributed by atoms with E-state index in [1.165, 1.54) is 30.8 Å². The first-order chi connectivity index (χ1) is 9.56. The van der Waals surface area contributed by atoms with Crippen molar-refractivity contribution in [3.05, 3.63) is 0 Å². The van der Waals surface area contributed by atoms with Gasteiger partial charge in [-0.25, -0.2) is 0 Å². The number of hydrogen-bond acceptors (Lipinski definition) is 4. The average molecular weight is 301 g/mol. The topological polar surface area (TPSA) is 104 Å². The number of nitrogens with zero attached hydrogens (tertiary/aromatic N) is 2. The number of primary amides is 1. The summed E-state index contributed by atoms with van der Waals surface area (Å²) in [5.41, 5.74) is 5.33. The van der Waals surface area contributed by atoms with E-state index in [-0.39, 0.29) is 30.7 Å². The van der Waals surface area contributed by atoms with Crippen molar-refractivity contribution in [1.29, 1.82) is 0 Å². The van der Waals surface area contributed by atoms with E-state index >= 15 is 0 Å². The van der Waals surface area contributed by atoms with E-state index in [0.29, 0.717) is 6.42 Å². The van der Waals surface area contributed by atoms with Crippen molar-refractivity contribution in [3.8, 4) is 0 Å². The van der Waals surface area contributed by atoms with Gasteiger partial charge in [-0.15, -0.1) is 0 Å². The Morgan fingerprint density at radius 2 is 1.62 bits per heavy atom. The lowest BCUT2D eigenvalue weighted by atomic mass is 10.0. The van der Waals surface area contributed by atoms with Crippen molar-refractivity contribution in [1.82, 2.24) is 9.80 Å². The first kappa shape index (κ1) is 19.4. The summed E-state index contributed by atoms with van der Waals surface area (Å²) in [4.78, 5) is 37.8. The standard InChI is InChI=1S/C14H27N3O4/c1-9(2)6-11(14(15)21)17(5)13(20)8-16(4)12(19)7-10(3)18/h9-11,18H,6-8H2,1-5H3,(H2,15,21)/t10-,11+/m1/s1. The van der Waals surface area contributed by atoms with E-state index in [0.717, 1.165) is 0 Å². The van der Waals surface area contributed by atoms with Gasteiger partial charge in [-0.05, 0) is 19.3 Å². The van der Waals surface area contributed by atoms with Crippen molar-refractivity contribution >= 4 is 17.7 Å². The van der Waals surface area contributed by atoms with Crippen LogP contribution in [0.5, 0.6) is 0 Å². The summed E-state index contributed by atoms with van der Waals surface area (Å²) < 4.78 is 0. The zero-order valence-electron chi connectivity index (χ0n) is 13.5. The maximum Gasteiger partial charge on any atom is 0.242 e. The highest BCUT2D eigenvalue weighted by atomic mass is 16.3. The Labute approximate surface area is 126 Å². The highest BCUT2D eigenvalue weighted by Gasteiger charge is 2.27. The lowest BCUT2D eigenvalue weighted by molar-refractivity contribution is -0.143. The molecular formula is C14H27N3O4. The molecule has 122 valence electrons. The number of nitrogens with two attached hydrogens (primary N) is 1. The van der Waals surface area contributed by atoms with Crippen LogP contribution in [0, 0.1) is 5.92 Å². The Bertz CT molecular complexity index is 382. The van der Waals surface area contributed by atoms with Crippen molar-refractivity contribution in [2.45, 2.75) is 45.8 Å². The third kappa shape index (κ3) is 7.08. The second-order valence-electron chi connectivity index (χ2n) is 5.86. The number of carbonyl (C=O) groups excluding carboxylic acids is 3. The number of aliphatic hydroxyl groups excluding tert-OH is 1. The summed E-state index contributed by atoms with van der Waals surface area (Å²) in [5.74, 6) is -1.03. The van der Waals surface area contributed by atoms with Gasteiger partial charge in [0.15, 0.2) is 0 Å². The quantitative estimate of drug-likeness (QED) is 0.635. The maximum absolute atomic E-state index is 12.1. The van der Waals surface area contributed by atoms with E-state index in [1.54, 1.807) is 0 Å². The molecule has 0 aliphatic heterocycles. The molecule has 0 saturated carbocycles. The first-order valence-electron chi connectivity index (χ1n) is 7.03. The smallest absolute Gasteiger partial charge is 0.242 e. The van der Waals surface area contributed by atoms with Crippen LogP contribution in [-0.4, -0.2) is 65.4 Å². The van der Waals surface area contributed by atoms with Gasteiger partial charge in [0.2, 0.25) is 17.7 Å². The Balaban J connectivity index is 4.68. The third-order valence-corrected chi connectivity index (χ3v) is 3.15. The molecule has 3 amide bonds. The number of rotatable bonds is 8. The van der Waals surface area contributed by atoms with Gasteiger partial charge in [-0.2, -0.15) is 0 Å². The van der Waals surface area contributed by atoms with Crippen LogP contribution in [-0.2, 0) is 14.4 Å². The molecule has 0 rings (SSSR count). The predicted molar refractivity (Wildman–Crippen MR) is 79.1 cm³/mol. The van der Waals surface area contributed by atoms with Crippen LogP contribution in [0.25, 0.3) is 0 Å². The number of hydrogen-bond donors (Lipinski definition) is 2. The number of aliphatic hydroxyl groups is 1. The molecule has 0 aromatic carbocycles. The maximum atomic E-state index is 12.1. The molecule has 0 saturated heterocycles. The van der Waals surface area contributed by atoms with Crippen molar-refractivity contribution in [3.63, 3.8) is 0 Å². The molecule has 0 fully saturated rings. The minimum atomic E-state index is -0.757. The van der Waals surface area contributed by atoms with E-state index in [9.17, 15) is 19.5 Å². The lowest BCUT2D eigenvalue weighted by Crippen LogP contribution is -2.49. The molecule has 0 unspecified atom stereocenters. The molecule has 0 bridgehead atoms. The van der Waals surface area contributed by atoms with Gasteiger partial charge in [-0.3, -0.25) is 14.4 Å². The van der Waals surface area contributed by atoms with Gasteiger partial charge in [-0.1, -0.05) is 13.8 Å². The molecule has 0 aliphatic rings. The molecule has 21 heavy (non-hydrogen) atoms. The summed E-state index contributed by atoms with van der Waals surface area (Å²) in [6.45, 7) is 5.23. The van der Waals surface area contributed by atoms with Crippen LogP contribution >= 0.6 is 0 Å². The van der Waals surface area contributed by atoms with Gasteiger partial charge >= 0.3 is 0 Å². The molecule has 2 atom stereocenters. The van der Waals surface area contributed by atoms with Crippen LogP contribution in [0.3, 0.4) is 0 Å².